The molecule has 1 aliphatic rings. The van der Waals surface area contributed by atoms with E-state index in [1.54, 1.807) is 19.0 Å². The van der Waals surface area contributed by atoms with Crippen molar-refractivity contribution in [2.45, 2.75) is 13.5 Å². The summed E-state index contributed by atoms with van der Waals surface area (Å²) >= 11 is 7.81. The Morgan fingerprint density at radius 1 is 1.14 bits per heavy atom. The summed E-state index contributed by atoms with van der Waals surface area (Å²) in [6, 6.07) is 16.2. The van der Waals surface area contributed by atoms with Crippen molar-refractivity contribution in [3.05, 3.63) is 75.3 Å². The fraction of sp³-hybridized carbons (Fsp3) is 0.182. The number of halogens is 1. The van der Waals surface area contributed by atoms with Crippen molar-refractivity contribution < 1.29 is 4.79 Å². The molecule has 28 heavy (non-hydrogen) atoms. The summed E-state index contributed by atoms with van der Waals surface area (Å²) in [6.45, 7) is 2.77. The highest BCUT2D eigenvalue weighted by molar-refractivity contribution is 8.18. The van der Waals surface area contributed by atoms with Gasteiger partial charge in [-0.25, -0.2) is 0 Å². The molecule has 0 saturated carbocycles. The van der Waals surface area contributed by atoms with Crippen LogP contribution in [0.3, 0.4) is 0 Å². The lowest BCUT2D eigenvalue weighted by Crippen LogP contribution is -2.23. The van der Waals surface area contributed by atoms with Gasteiger partial charge in [0, 0.05) is 47.8 Å². The van der Waals surface area contributed by atoms with E-state index < -0.39 is 0 Å². The third-order valence-corrected chi connectivity index (χ3v) is 6.56. The number of hydrogen-bond donors (Lipinski definition) is 0. The van der Waals surface area contributed by atoms with Crippen molar-refractivity contribution in [3.8, 4) is 0 Å². The Kier molecular flexibility index (Phi) is 5.04. The average molecular weight is 410 g/mol. The van der Waals surface area contributed by atoms with Crippen LogP contribution in [0, 0.1) is 6.92 Å². The van der Waals surface area contributed by atoms with E-state index in [9.17, 15) is 4.79 Å². The zero-order chi connectivity index (χ0) is 19.8. The van der Waals surface area contributed by atoms with Crippen molar-refractivity contribution in [1.29, 1.82) is 0 Å². The number of rotatable bonds is 3. The number of amides is 1. The second-order valence-corrected chi connectivity index (χ2v) is 8.09. The number of carbonyl (C=O) groups is 1. The van der Waals surface area contributed by atoms with Gasteiger partial charge in [-0.3, -0.25) is 14.7 Å². The van der Waals surface area contributed by atoms with Crippen LogP contribution in [0.2, 0.25) is 5.02 Å². The molecule has 4 rings (SSSR count). The number of aromatic nitrogens is 1. The Morgan fingerprint density at radius 2 is 1.86 bits per heavy atom. The van der Waals surface area contributed by atoms with Crippen LogP contribution in [0.15, 0.2) is 58.4 Å². The topological polar surface area (TPSA) is 37.6 Å². The van der Waals surface area contributed by atoms with Gasteiger partial charge in [0.15, 0.2) is 5.17 Å². The summed E-state index contributed by atoms with van der Waals surface area (Å²) < 4.78 is 2.26. The average Bonchev–Trinajstić information content (AvgIpc) is 3.13. The maximum atomic E-state index is 12.6. The normalized spacial score (nSPS) is 17.4. The lowest BCUT2D eigenvalue weighted by molar-refractivity contribution is -0.121. The molecule has 0 N–H and O–H groups in total. The number of carbonyl (C=O) groups excluding carboxylic acids is 1. The number of aliphatic imine (C=N–C) groups is 1. The van der Waals surface area contributed by atoms with E-state index in [4.69, 9.17) is 11.6 Å². The van der Waals surface area contributed by atoms with Gasteiger partial charge < -0.3 is 4.57 Å². The highest BCUT2D eigenvalue weighted by Crippen LogP contribution is 2.35. The minimum atomic E-state index is -0.0204. The largest absolute Gasteiger partial charge is 0.340 e. The summed E-state index contributed by atoms with van der Waals surface area (Å²) in [7, 11) is 3.46. The van der Waals surface area contributed by atoms with Gasteiger partial charge in [-0.15, -0.1) is 0 Å². The number of likely N-dealkylation sites (N-methyl/N-ethyl adjacent to an activating group) is 1. The Labute approximate surface area is 173 Å². The van der Waals surface area contributed by atoms with E-state index in [0.717, 1.165) is 32.7 Å². The van der Waals surface area contributed by atoms with Crippen LogP contribution in [0.5, 0.6) is 0 Å². The standard InChI is InChI=1S/C22H20ClN3OS/c1-14-17(12-20-21(27)25(3)22(24-2)28-20)16-9-5-7-11-19(16)26(14)13-15-8-4-6-10-18(15)23/h4-12H,13H2,1-3H3. The number of amidine groups is 1. The van der Waals surface area contributed by atoms with Gasteiger partial charge >= 0.3 is 0 Å². The molecule has 0 spiro atoms. The number of nitrogens with zero attached hydrogens (tertiary/aromatic N) is 3. The van der Waals surface area contributed by atoms with Crippen LogP contribution in [0.1, 0.15) is 16.8 Å². The van der Waals surface area contributed by atoms with Gasteiger partial charge in [0.25, 0.3) is 5.91 Å². The molecule has 1 aromatic heterocycles. The van der Waals surface area contributed by atoms with E-state index in [2.05, 4.69) is 28.6 Å². The predicted octanol–water partition coefficient (Wildman–Crippen LogP) is 5.18. The first-order valence-corrected chi connectivity index (χ1v) is 10.2. The molecular weight excluding hydrogens is 390 g/mol. The van der Waals surface area contributed by atoms with E-state index >= 15 is 0 Å². The maximum absolute atomic E-state index is 12.6. The molecule has 2 aromatic carbocycles. The van der Waals surface area contributed by atoms with Gasteiger partial charge in [-0.2, -0.15) is 0 Å². The monoisotopic (exact) mass is 409 g/mol. The third-order valence-electron chi connectivity index (χ3n) is 5.04. The van der Waals surface area contributed by atoms with Crippen LogP contribution in [0.4, 0.5) is 0 Å². The van der Waals surface area contributed by atoms with Crippen LogP contribution in [0.25, 0.3) is 17.0 Å². The van der Waals surface area contributed by atoms with E-state index in [-0.39, 0.29) is 5.91 Å². The molecule has 0 atom stereocenters. The SMILES string of the molecule is CN=C1SC(=Cc2c(C)n(Cc3ccccc3Cl)c3ccccc23)C(=O)N1C. The fourth-order valence-electron chi connectivity index (χ4n) is 3.52. The minimum absolute atomic E-state index is 0.0204. The number of para-hydroxylation sites is 1. The van der Waals surface area contributed by atoms with Crippen LogP contribution >= 0.6 is 23.4 Å². The molecule has 142 valence electrons. The number of thioether (sulfide) groups is 1. The second kappa shape index (κ2) is 7.49. The maximum Gasteiger partial charge on any atom is 0.266 e. The van der Waals surface area contributed by atoms with Crippen molar-refractivity contribution >= 4 is 51.4 Å². The highest BCUT2D eigenvalue weighted by atomic mass is 35.5. The number of fused-ring (bicyclic) bond motifs is 1. The van der Waals surface area contributed by atoms with Crippen LogP contribution < -0.4 is 0 Å². The Morgan fingerprint density at radius 3 is 2.57 bits per heavy atom. The molecule has 3 aromatic rings. The lowest BCUT2D eigenvalue weighted by atomic mass is 10.1. The zero-order valence-electron chi connectivity index (χ0n) is 15.9. The molecule has 0 bridgehead atoms. The molecule has 1 amide bonds. The summed E-state index contributed by atoms with van der Waals surface area (Å²) in [5, 5.41) is 2.60. The smallest absolute Gasteiger partial charge is 0.266 e. The molecule has 0 aliphatic carbocycles. The Hall–Kier alpha value is -2.50. The molecule has 1 aliphatic heterocycles. The van der Waals surface area contributed by atoms with Gasteiger partial charge in [0.05, 0.1) is 4.91 Å². The molecule has 1 saturated heterocycles. The van der Waals surface area contributed by atoms with Crippen molar-refractivity contribution in [2.75, 3.05) is 14.1 Å². The minimum Gasteiger partial charge on any atom is -0.340 e. The fourth-order valence-corrected chi connectivity index (χ4v) is 4.63. The molecule has 0 radical (unpaired) electrons. The first-order chi connectivity index (χ1) is 13.5. The van der Waals surface area contributed by atoms with Crippen LogP contribution in [-0.4, -0.2) is 34.6 Å². The van der Waals surface area contributed by atoms with Gasteiger partial charge in [-0.1, -0.05) is 48.0 Å². The van der Waals surface area contributed by atoms with Gasteiger partial charge in [-0.05, 0) is 42.5 Å². The van der Waals surface area contributed by atoms with Gasteiger partial charge in [0.2, 0.25) is 0 Å². The van der Waals surface area contributed by atoms with E-state index in [0.29, 0.717) is 16.6 Å². The Balaban J connectivity index is 1.85. The Bertz CT molecular complexity index is 1150. The predicted molar refractivity (Wildman–Crippen MR) is 119 cm³/mol. The van der Waals surface area contributed by atoms with E-state index in [1.807, 2.05) is 42.5 Å². The number of benzene rings is 2. The number of hydrogen-bond acceptors (Lipinski definition) is 3. The summed E-state index contributed by atoms with van der Waals surface area (Å²) in [5.74, 6) is -0.0204. The highest BCUT2D eigenvalue weighted by Gasteiger charge is 2.30. The van der Waals surface area contributed by atoms with Crippen molar-refractivity contribution in [2.24, 2.45) is 4.99 Å². The molecule has 0 unspecified atom stereocenters. The molecule has 1 fully saturated rings. The molecular formula is C22H20ClN3OS. The third kappa shape index (κ3) is 3.15. The summed E-state index contributed by atoms with van der Waals surface area (Å²) in [4.78, 5) is 19.1. The zero-order valence-corrected chi connectivity index (χ0v) is 17.5. The summed E-state index contributed by atoms with van der Waals surface area (Å²) in [6.07, 6.45) is 1.99. The van der Waals surface area contributed by atoms with E-state index in [1.165, 1.54) is 11.8 Å². The van der Waals surface area contributed by atoms with Crippen molar-refractivity contribution in [1.82, 2.24) is 9.47 Å². The molecule has 2 heterocycles. The lowest BCUT2D eigenvalue weighted by Gasteiger charge is -2.10. The summed E-state index contributed by atoms with van der Waals surface area (Å²) in [5.41, 5.74) is 4.36. The molecule has 6 heteroatoms. The van der Waals surface area contributed by atoms with Gasteiger partial charge in [0.1, 0.15) is 0 Å². The quantitative estimate of drug-likeness (QED) is 0.558. The first kappa shape index (κ1) is 18.8. The van der Waals surface area contributed by atoms with Crippen molar-refractivity contribution in [3.63, 3.8) is 0 Å². The van der Waals surface area contributed by atoms with Crippen LogP contribution in [-0.2, 0) is 11.3 Å². The first-order valence-electron chi connectivity index (χ1n) is 8.97. The molecule has 4 nitrogen and oxygen atoms in total. The second-order valence-electron chi connectivity index (χ2n) is 6.67.